The van der Waals surface area contributed by atoms with Gasteiger partial charge in [-0.3, -0.25) is 0 Å². The number of hydrogen-bond donors (Lipinski definition) is 1. The van der Waals surface area contributed by atoms with E-state index in [1.807, 2.05) is 0 Å². The summed E-state index contributed by atoms with van der Waals surface area (Å²) in [5.74, 6) is 0.657. The highest BCUT2D eigenvalue weighted by Gasteiger charge is 2.23. The fourth-order valence-electron chi connectivity index (χ4n) is 4.21. The lowest BCUT2D eigenvalue weighted by molar-refractivity contribution is 0.122. The normalized spacial score (nSPS) is 26.1. The van der Waals surface area contributed by atoms with Crippen LogP contribution in [0.3, 0.4) is 0 Å². The number of hydrogen-bond acceptors (Lipinski definition) is 1. The summed E-state index contributed by atoms with van der Waals surface area (Å²) in [5.41, 5.74) is 5.94. The highest BCUT2D eigenvalue weighted by Crippen LogP contribution is 2.37. The van der Waals surface area contributed by atoms with Crippen LogP contribution in [-0.4, -0.2) is 15.8 Å². The molecule has 0 spiro atoms. The Morgan fingerprint density at radius 2 is 1.90 bits per heavy atom. The first kappa shape index (κ1) is 12.5. The van der Waals surface area contributed by atoms with Crippen molar-refractivity contribution in [3.05, 3.63) is 35.0 Å². The lowest BCUT2D eigenvalue weighted by Crippen LogP contribution is -2.17. The van der Waals surface area contributed by atoms with E-state index < -0.39 is 0 Å². The minimum Gasteiger partial charge on any atom is -0.393 e. The topological polar surface area (TPSA) is 25.2 Å². The molecule has 0 bridgehead atoms. The first-order valence-corrected chi connectivity index (χ1v) is 8.03. The molecule has 1 saturated carbocycles. The van der Waals surface area contributed by atoms with E-state index in [-0.39, 0.29) is 6.10 Å². The van der Waals surface area contributed by atoms with Gasteiger partial charge in [-0.1, -0.05) is 6.07 Å². The fraction of sp³-hybridized carbons (Fsp3) is 0.556. The van der Waals surface area contributed by atoms with E-state index in [0.29, 0.717) is 5.92 Å². The Hall–Kier alpha value is -1.28. The largest absolute Gasteiger partial charge is 0.393 e. The number of aliphatic hydroxyl groups is 1. The molecule has 2 aromatic rings. The van der Waals surface area contributed by atoms with Crippen LogP contribution < -0.4 is 0 Å². The number of aliphatic hydroxyl groups excluding tert-OH is 1. The molecule has 1 aliphatic carbocycles. The van der Waals surface area contributed by atoms with Crippen molar-refractivity contribution >= 4 is 10.9 Å². The molecule has 4 rings (SSSR count). The highest BCUT2D eigenvalue weighted by molar-refractivity contribution is 5.86. The van der Waals surface area contributed by atoms with Crippen molar-refractivity contribution in [1.82, 2.24) is 4.57 Å². The van der Waals surface area contributed by atoms with E-state index >= 15 is 0 Å². The van der Waals surface area contributed by atoms with Crippen molar-refractivity contribution in [3.8, 4) is 0 Å². The van der Waals surface area contributed by atoms with Gasteiger partial charge in [0.2, 0.25) is 0 Å². The maximum atomic E-state index is 9.69. The molecule has 2 heterocycles. The second kappa shape index (κ2) is 4.63. The summed E-state index contributed by atoms with van der Waals surface area (Å²) in [5, 5.41) is 11.1. The molecule has 1 N–H and O–H groups in total. The van der Waals surface area contributed by atoms with Crippen molar-refractivity contribution in [2.45, 2.75) is 64.0 Å². The molecule has 0 amide bonds. The van der Waals surface area contributed by atoms with Gasteiger partial charge in [0.1, 0.15) is 0 Å². The SMILES string of the molecule is Cc1cc2cc(C3CCC(O)CC3)cc3c2n1CCC3. The zero-order chi connectivity index (χ0) is 13.7. The molecule has 0 atom stereocenters. The molecule has 1 aliphatic heterocycles. The first-order valence-electron chi connectivity index (χ1n) is 8.03. The third-order valence-corrected chi connectivity index (χ3v) is 5.30. The smallest absolute Gasteiger partial charge is 0.0540 e. The third-order valence-electron chi connectivity index (χ3n) is 5.30. The third kappa shape index (κ3) is 1.89. The van der Waals surface area contributed by atoms with Crippen molar-refractivity contribution in [1.29, 1.82) is 0 Å². The van der Waals surface area contributed by atoms with Gasteiger partial charge in [0.05, 0.1) is 11.6 Å². The molecular formula is C18H23NO. The molecule has 2 aliphatic rings. The van der Waals surface area contributed by atoms with E-state index in [1.54, 1.807) is 5.56 Å². The lowest BCUT2D eigenvalue weighted by Gasteiger charge is -2.27. The Kier molecular flexibility index (Phi) is 2.88. The Balaban J connectivity index is 1.78. The second-order valence-corrected chi connectivity index (χ2v) is 6.66. The van der Waals surface area contributed by atoms with Gasteiger partial charge in [-0.15, -0.1) is 0 Å². The summed E-state index contributed by atoms with van der Waals surface area (Å²) in [4.78, 5) is 0. The van der Waals surface area contributed by atoms with Crippen LogP contribution in [0.25, 0.3) is 10.9 Å². The summed E-state index contributed by atoms with van der Waals surface area (Å²) >= 11 is 0. The van der Waals surface area contributed by atoms with Crippen molar-refractivity contribution in [3.63, 3.8) is 0 Å². The second-order valence-electron chi connectivity index (χ2n) is 6.66. The summed E-state index contributed by atoms with van der Waals surface area (Å²) in [6.45, 7) is 3.41. The Labute approximate surface area is 120 Å². The van der Waals surface area contributed by atoms with Crippen molar-refractivity contribution < 1.29 is 5.11 Å². The standard InChI is InChI=1S/C18H23NO/c1-12-9-16-11-15(13-4-6-17(20)7-5-13)10-14-3-2-8-19(12)18(14)16/h9-11,13,17,20H,2-8H2,1H3. The summed E-state index contributed by atoms with van der Waals surface area (Å²) in [6.07, 6.45) is 6.66. The van der Waals surface area contributed by atoms with Gasteiger partial charge < -0.3 is 9.67 Å². The maximum absolute atomic E-state index is 9.69. The van der Waals surface area contributed by atoms with E-state index in [0.717, 1.165) is 25.7 Å². The van der Waals surface area contributed by atoms with E-state index in [2.05, 4.69) is 29.7 Å². The molecule has 20 heavy (non-hydrogen) atoms. The number of rotatable bonds is 1. The highest BCUT2D eigenvalue weighted by atomic mass is 16.3. The summed E-state index contributed by atoms with van der Waals surface area (Å²) < 4.78 is 2.49. The van der Waals surface area contributed by atoms with Crippen LogP contribution in [0.2, 0.25) is 0 Å². The lowest BCUT2D eigenvalue weighted by atomic mass is 9.81. The van der Waals surface area contributed by atoms with Crippen LogP contribution in [0.5, 0.6) is 0 Å². The number of nitrogens with zero attached hydrogens (tertiary/aromatic N) is 1. The van der Waals surface area contributed by atoms with Crippen LogP contribution in [0.15, 0.2) is 18.2 Å². The van der Waals surface area contributed by atoms with Gasteiger partial charge in [-0.25, -0.2) is 0 Å². The zero-order valence-electron chi connectivity index (χ0n) is 12.2. The molecule has 0 saturated heterocycles. The van der Waals surface area contributed by atoms with Crippen LogP contribution in [0.1, 0.15) is 54.8 Å². The molecular weight excluding hydrogens is 246 g/mol. The van der Waals surface area contributed by atoms with E-state index in [4.69, 9.17) is 0 Å². The number of aryl methyl sites for hydroxylation is 3. The molecule has 2 heteroatoms. The van der Waals surface area contributed by atoms with Gasteiger partial charge in [0, 0.05) is 17.6 Å². The van der Waals surface area contributed by atoms with E-state index in [1.165, 1.54) is 41.5 Å². The predicted molar refractivity (Wildman–Crippen MR) is 82.2 cm³/mol. The Bertz CT molecular complexity index is 647. The van der Waals surface area contributed by atoms with Crippen LogP contribution in [0.4, 0.5) is 0 Å². The average Bonchev–Trinajstić information content (AvgIpc) is 2.78. The number of benzene rings is 1. The minimum absolute atomic E-state index is 0.0586. The molecule has 106 valence electrons. The Morgan fingerprint density at radius 1 is 1.10 bits per heavy atom. The van der Waals surface area contributed by atoms with Crippen LogP contribution in [-0.2, 0) is 13.0 Å². The monoisotopic (exact) mass is 269 g/mol. The summed E-state index contributed by atoms with van der Waals surface area (Å²) in [6, 6.07) is 7.22. The van der Waals surface area contributed by atoms with Gasteiger partial charge >= 0.3 is 0 Å². The predicted octanol–water partition coefficient (Wildman–Crippen LogP) is 3.91. The Morgan fingerprint density at radius 3 is 2.70 bits per heavy atom. The molecule has 1 fully saturated rings. The molecule has 2 nitrogen and oxygen atoms in total. The average molecular weight is 269 g/mol. The zero-order valence-corrected chi connectivity index (χ0v) is 12.2. The van der Waals surface area contributed by atoms with E-state index in [9.17, 15) is 5.11 Å². The quantitative estimate of drug-likeness (QED) is 0.834. The molecule has 1 aromatic heterocycles. The minimum atomic E-state index is -0.0586. The fourth-order valence-corrected chi connectivity index (χ4v) is 4.21. The van der Waals surface area contributed by atoms with Crippen molar-refractivity contribution in [2.24, 2.45) is 0 Å². The van der Waals surface area contributed by atoms with Crippen LogP contribution in [0, 0.1) is 6.92 Å². The molecule has 1 aromatic carbocycles. The number of aromatic nitrogens is 1. The van der Waals surface area contributed by atoms with Crippen molar-refractivity contribution in [2.75, 3.05) is 0 Å². The van der Waals surface area contributed by atoms with Gasteiger partial charge in [0.15, 0.2) is 0 Å². The molecule has 0 unspecified atom stereocenters. The van der Waals surface area contributed by atoms with Crippen LogP contribution >= 0.6 is 0 Å². The van der Waals surface area contributed by atoms with Gasteiger partial charge in [0.25, 0.3) is 0 Å². The summed E-state index contributed by atoms with van der Waals surface area (Å²) in [7, 11) is 0. The van der Waals surface area contributed by atoms with Gasteiger partial charge in [-0.05, 0) is 74.6 Å². The molecule has 0 radical (unpaired) electrons. The first-order chi connectivity index (χ1) is 9.72. The van der Waals surface area contributed by atoms with Gasteiger partial charge in [-0.2, -0.15) is 0 Å². The maximum Gasteiger partial charge on any atom is 0.0540 e.